The number of carbonyl (C=O) groups is 1. The number of nitrogens with zero attached hydrogens (tertiary/aromatic N) is 1. The molecule has 0 aliphatic heterocycles. The maximum atomic E-state index is 12.2. The van der Waals surface area contributed by atoms with Gasteiger partial charge in [0.15, 0.2) is 0 Å². The lowest BCUT2D eigenvalue weighted by Crippen LogP contribution is -2.15. The van der Waals surface area contributed by atoms with Crippen LogP contribution in [-0.4, -0.2) is 10.9 Å². The van der Waals surface area contributed by atoms with Gasteiger partial charge in [-0.3, -0.25) is 4.79 Å². The molecule has 3 nitrogen and oxygen atoms in total. The minimum absolute atomic E-state index is 0.156. The van der Waals surface area contributed by atoms with Gasteiger partial charge >= 0.3 is 0 Å². The van der Waals surface area contributed by atoms with Crippen LogP contribution < -0.4 is 5.32 Å². The summed E-state index contributed by atoms with van der Waals surface area (Å²) in [6.07, 6.45) is 1.66. The topological polar surface area (TPSA) is 42.0 Å². The lowest BCUT2D eigenvalue weighted by Gasteiger charge is -2.10. The first-order chi connectivity index (χ1) is 8.99. The molecule has 0 spiro atoms. The first-order valence-corrected chi connectivity index (χ1v) is 7.26. The van der Waals surface area contributed by atoms with Crippen LogP contribution in [0.4, 0.5) is 5.82 Å². The van der Waals surface area contributed by atoms with E-state index in [0.29, 0.717) is 11.4 Å². The van der Waals surface area contributed by atoms with Gasteiger partial charge in [-0.05, 0) is 59.1 Å². The fourth-order valence-electron chi connectivity index (χ4n) is 1.70. The molecule has 19 heavy (non-hydrogen) atoms. The zero-order valence-corrected chi connectivity index (χ0v) is 13.7. The molecule has 1 N–H and O–H groups in total. The summed E-state index contributed by atoms with van der Waals surface area (Å²) in [6.45, 7) is 3.81. The fourth-order valence-corrected chi connectivity index (χ4v) is 2.51. The number of amides is 1. The molecule has 1 amide bonds. The standard InChI is InChI=1S/C14H12Br2N2O/c1-8-6-10(15)7-17-13(8)18-14(19)11-4-3-5-12(16)9(11)2/h3-7H,1-2H3,(H,17,18,19). The number of hydrogen-bond donors (Lipinski definition) is 1. The van der Waals surface area contributed by atoms with Crippen molar-refractivity contribution in [3.05, 3.63) is 56.1 Å². The Morgan fingerprint density at radius 3 is 2.68 bits per heavy atom. The van der Waals surface area contributed by atoms with Gasteiger partial charge in [0.25, 0.3) is 5.91 Å². The average molecular weight is 384 g/mol. The Morgan fingerprint density at radius 2 is 2.00 bits per heavy atom. The number of hydrogen-bond acceptors (Lipinski definition) is 2. The van der Waals surface area contributed by atoms with Gasteiger partial charge in [-0.1, -0.05) is 22.0 Å². The van der Waals surface area contributed by atoms with Crippen molar-refractivity contribution in [2.45, 2.75) is 13.8 Å². The summed E-state index contributed by atoms with van der Waals surface area (Å²) in [7, 11) is 0. The first kappa shape index (κ1) is 14.2. The smallest absolute Gasteiger partial charge is 0.257 e. The molecule has 5 heteroatoms. The van der Waals surface area contributed by atoms with Gasteiger partial charge in [-0.25, -0.2) is 4.98 Å². The number of benzene rings is 1. The molecule has 1 aromatic heterocycles. The van der Waals surface area contributed by atoms with Gasteiger partial charge in [-0.2, -0.15) is 0 Å². The Bertz CT molecular complexity index is 641. The quantitative estimate of drug-likeness (QED) is 0.830. The first-order valence-electron chi connectivity index (χ1n) is 5.67. The number of anilines is 1. The molecule has 2 aromatic rings. The SMILES string of the molecule is Cc1cc(Br)cnc1NC(=O)c1cccc(Br)c1C. The third-order valence-electron chi connectivity index (χ3n) is 2.79. The maximum absolute atomic E-state index is 12.2. The Hall–Kier alpha value is -1.20. The third-order valence-corrected chi connectivity index (χ3v) is 4.08. The van der Waals surface area contributed by atoms with Crippen LogP contribution in [0.3, 0.4) is 0 Å². The van der Waals surface area contributed by atoms with Gasteiger partial charge in [0, 0.05) is 20.7 Å². The number of carbonyl (C=O) groups excluding carboxylic acids is 1. The van der Waals surface area contributed by atoms with E-state index in [1.165, 1.54) is 0 Å². The highest BCUT2D eigenvalue weighted by Gasteiger charge is 2.12. The van der Waals surface area contributed by atoms with Crippen LogP contribution in [0, 0.1) is 13.8 Å². The second kappa shape index (κ2) is 5.84. The predicted molar refractivity (Wildman–Crippen MR) is 83.5 cm³/mol. The lowest BCUT2D eigenvalue weighted by atomic mass is 10.1. The molecule has 0 atom stereocenters. The number of aryl methyl sites for hydroxylation is 1. The van der Waals surface area contributed by atoms with Crippen LogP contribution in [0.25, 0.3) is 0 Å². The van der Waals surface area contributed by atoms with Crippen molar-refractivity contribution in [3.8, 4) is 0 Å². The van der Waals surface area contributed by atoms with Crippen LogP contribution in [0.1, 0.15) is 21.5 Å². The second-order valence-electron chi connectivity index (χ2n) is 4.19. The van der Waals surface area contributed by atoms with Crippen molar-refractivity contribution in [2.24, 2.45) is 0 Å². The third kappa shape index (κ3) is 3.22. The van der Waals surface area contributed by atoms with E-state index in [1.54, 1.807) is 12.3 Å². The summed E-state index contributed by atoms with van der Waals surface area (Å²) in [5, 5.41) is 2.83. The molecule has 0 saturated carbocycles. The van der Waals surface area contributed by atoms with E-state index in [1.807, 2.05) is 32.0 Å². The van der Waals surface area contributed by atoms with Crippen molar-refractivity contribution in [1.29, 1.82) is 0 Å². The Morgan fingerprint density at radius 1 is 1.26 bits per heavy atom. The van der Waals surface area contributed by atoms with Gasteiger partial charge < -0.3 is 5.32 Å². The monoisotopic (exact) mass is 382 g/mol. The lowest BCUT2D eigenvalue weighted by molar-refractivity contribution is 0.102. The largest absolute Gasteiger partial charge is 0.306 e. The predicted octanol–water partition coefficient (Wildman–Crippen LogP) is 4.48. The van der Waals surface area contributed by atoms with Crippen LogP contribution >= 0.6 is 31.9 Å². The Labute approximate surface area is 128 Å². The van der Waals surface area contributed by atoms with E-state index in [-0.39, 0.29) is 5.91 Å². The molecule has 0 unspecified atom stereocenters. The van der Waals surface area contributed by atoms with E-state index >= 15 is 0 Å². The molecule has 1 heterocycles. The average Bonchev–Trinajstić information content (AvgIpc) is 2.36. The van der Waals surface area contributed by atoms with Crippen LogP contribution in [0.2, 0.25) is 0 Å². The van der Waals surface area contributed by atoms with Crippen LogP contribution in [0.5, 0.6) is 0 Å². The molecule has 2 rings (SSSR count). The zero-order valence-electron chi connectivity index (χ0n) is 10.5. The molecule has 0 aliphatic rings. The van der Waals surface area contributed by atoms with E-state index in [4.69, 9.17) is 0 Å². The minimum Gasteiger partial charge on any atom is -0.306 e. The molecule has 0 fully saturated rings. The van der Waals surface area contributed by atoms with Crippen LogP contribution in [0.15, 0.2) is 39.4 Å². The van der Waals surface area contributed by atoms with Crippen LogP contribution in [-0.2, 0) is 0 Å². The summed E-state index contributed by atoms with van der Waals surface area (Å²) in [5.41, 5.74) is 2.46. The van der Waals surface area contributed by atoms with Crippen molar-refractivity contribution in [2.75, 3.05) is 5.32 Å². The molecule has 0 bridgehead atoms. The Kier molecular flexibility index (Phi) is 4.37. The number of aromatic nitrogens is 1. The molecule has 98 valence electrons. The molecular formula is C14H12Br2N2O. The molecule has 0 saturated heterocycles. The van der Waals surface area contributed by atoms with E-state index in [9.17, 15) is 4.79 Å². The number of rotatable bonds is 2. The van der Waals surface area contributed by atoms with Gasteiger partial charge in [0.2, 0.25) is 0 Å². The van der Waals surface area contributed by atoms with Gasteiger partial charge in [0.1, 0.15) is 5.82 Å². The van der Waals surface area contributed by atoms with Crippen molar-refractivity contribution >= 4 is 43.6 Å². The number of halogens is 2. The summed E-state index contributed by atoms with van der Waals surface area (Å²) in [5.74, 6) is 0.421. The van der Waals surface area contributed by atoms with E-state index in [2.05, 4.69) is 42.2 Å². The normalized spacial score (nSPS) is 10.3. The second-order valence-corrected chi connectivity index (χ2v) is 5.96. The minimum atomic E-state index is -0.156. The molecule has 1 aromatic carbocycles. The summed E-state index contributed by atoms with van der Waals surface area (Å²) < 4.78 is 1.81. The zero-order chi connectivity index (χ0) is 14.0. The van der Waals surface area contributed by atoms with Crippen molar-refractivity contribution in [1.82, 2.24) is 4.98 Å². The van der Waals surface area contributed by atoms with Gasteiger partial charge in [-0.15, -0.1) is 0 Å². The summed E-state index contributed by atoms with van der Waals surface area (Å²) in [6, 6.07) is 7.46. The highest BCUT2D eigenvalue weighted by Crippen LogP contribution is 2.21. The number of nitrogens with one attached hydrogen (secondary N) is 1. The highest BCUT2D eigenvalue weighted by molar-refractivity contribution is 9.10. The molecule has 0 aliphatic carbocycles. The summed E-state index contributed by atoms with van der Waals surface area (Å²) in [4.78, 5) is 16.4. The molecular weight excluding hydrogens is 372 g/mol. The summed E-state index contributed by atoms with van der Waals surface area (Å²) >= 11 is 6.77. The Balaban J connectivity index is 2.28. The van der Waals surface area contributed by atoms with Gasteiger partial charge in [0.05, 0.1) is 0 Å². The van der Waals surface area contributed by atoms with E-state index in [0.717, 1.165) is 20.1 Å². The molecule has 0 radical (unpaired) electrons. The fraction of sp³-hybridized carbons (Fsp3) is 0.143. The highest BCUT2D eigenvalue weighted by atomic mass is 79.9. The number of pyridine rings is 1. The maximum Gasteiger partial charge on any atom is 0.257 e. The van der Waals surface area contributed by atoms with Crippen molar-refractivity contribution < 1.29 is 4.79 Å². The van der Waals surface area contributed by atoms with Crippen molar-refractivity contribution in [3.63, 3.8) is 0 Å². The van der Waals surface area contributed by atoms with E-state index < -0.39 is 0 Å².